The second-order valence-corrected chi connectivity index (χ2v) is 10.1. The van der Waals surface area contributed by atoms with Crippen molar-refractivity contribution in [1.29, 1.82) is 0 Å². The second kappa shape index (κ2) is 8.69. The van der Waals surface area contributed by atoms with Crippen LogP contribution in [0.2, 0.25) is 0 Å². The van der Waals surface area contributed by atoms with Gasteiger partial charge < -0.3 is 10.1 Å². The van der Waals surface area contributed by atoms with E-state index in [-0.39, 0.29) is 30.1 Å². The molecule has 3 amide bonds. The highest BCUT2D eigenvalue weighted by molar-refractivity contribution is 6.09. The van der Waals surface area contributed by atoms with Crippen molar-refractivity contribution in [3.8, 4) is 0 Å². The van der Waals surface area contributed by atoms with Crippen LogP contribution in [0, 0.1) is 41.3 Å². The fraction of sp³-hybridized carbons (Fsp3) is 0.357. The second-order valence-electron chi connectivity index (χ2n) is 10.1. The molecule has 4 aliphatic carbocycles. The number of carbonyl (C=O) groups is 4. The number of rotatable bonds is 7. The van der Waals surface area contributed by atoms with E-state index in [0.717, 1.165) is 16.9 Å². The van der Waals surface area contributed by atoms with Gasteiger partial charge in [0.05, 0.1) is 11.8 Å². The zero-order valence-corrected chi connectivity index (χ0v) is 19.4. The van der Waals surface area contributed by atoms with Gasteiger partial charge in [-0.25, -0.2) is 9.18 Å². The third-order valence-electron chi connectivity index (χ3n) is 8.03. The number of likely N-dealkylation sites (tertiary alicyclic amines) is 1. The van der Waals surface area contributed by atoms with Crippen LogP contribution < -0.4 is 5.32 Å². The molecule has 36 heavy (non-hydrogen) atoms. The van der Waals surface area contributed by atoms with Crippen molar-refractivity contribution in [3.05, 3.63) is 78.1 Å². The summed E-state index contributed by atoms with van der Waals surface area (Å²) in [5.74, 6) is -2.35. The monoisotopic (exact) mass is 488 g/mol. The summed E-state index contributed by atoms with van der Waals surface area (Å²) in [5, 5.41) is 2.53. The van der Waals surface area contributed by atoms with Crippen molar-refractivity contribution in [2.45, 2.75) is 18.9 Å². The van der Waals surface area contributed by atoms with Crippen LogP contribution in [0.1, 0.15) is 12.0 Å². The van der Waals surface area contributed by atoms with Crippen LogP contribution in [0.15, 0.2) is 66.7 Å². The number of imide groups is 1. The topological polar surface area (TPSA) is 92.8 Å². The number of nitrogens with one attached hydrogen (secondary N) is 1. The number of amides is 3. The number of hydrogen-bond donors (Lipinski definition) is 1. The van der Waals surface area contributed by atoms with Gasteiger partial charge >= 0.3 is 5.97 Å². The average molecular weight is 489 g/mol. The Kier molecular flexibility index (Phi) is 5.47. The lowest BCUT2D eigenvalue weighted by atomic mass is 9.63. The maximum Gasteiger partial charge on any atom is 0.330 e. The SMILES string of the molecule is O=C(COC(=O)[C@H](Cc1ccccc1)N1C(=O)[C@@H]2[C@H]3C=C[C@@H]([C@@H]4C[C@H]34)[C@@H]2C1=O)Nc1ccc(F)cc1. The Morgan fingerprint density at radius 2 is 1.56 bits per heavy atom. The third kappa shape index (κ3) is 3.81. The average Bonchev–Trinajstić information content (AvgIpc) is 3.67. The minimum atomic E-state index is -1.16. The smallest absolute Gasteiger partial charge is 0.330 e. The van der Waals surface area contributed by atoms with E-state index in [1.54, 1.807) is 0 Å². The van der Waals surface area contributed by atoms with Crippen molar-refractivity contribution in [3.63, 3.8) is 0 Å². The number of nitrogens with zero attached hydrogens (tertiary/aromatic N) is 1. The van der Waals surface area contributed by atoms with Crippen LogP contribution in [-0.4, -0.2) is 41.2 Å². The summed E-state index contributed by atoms with van der Waals surface area (Å²) >= 11 is 0. The van der Waals surface area contributed by atoms with Gasteiger partial charge in [-0.3, -0.25) is 19.3 Å². The molecule has 0 aromatic heterocycles. The minimum absolute atomic E-state index is 0.0429. The molecule has 0 unspecified atom stereocenters. The fourth-order valence-electron chi connectivity index (χ4n) is 6.37. The van der Waals surface area contributed by atoms with Crippen molar-refractivity contribution >= 4 is 29.4 Å². The van der Waals surface area contributed by atoms with E-state index in [4.69, 9.17) is 4.74 Å². The molecule has 2 bridgehead atoms. The number of allylic oxidation sites excluding steroid dienone is 2. The Hall–Kier alpha value is -3.81. The van der Waals surface area contributed by atoms with Crippen LogP contribution in [0.5, 0.6) is 0 Å². The molecule has 1 aliphatic heterocycles. The summed E-state index contributed by atoms with van der Waals surface area (Å²) < 4.78 is 18.4. The van der Waals surface area contributed by atoms with Crippen molar-refractivity contribution in [2.75, 3.05) is 11.9 Å². The van der Waals surface area contributed by atoms with Gasteiger partial charge in [-0.1, -0.05) is 42.5 Å². The van der Waals surface area contributed by atoms with Crippen LogP contribution in [0.4, 0.5) is 10.1 Å². The molecule has 2 saturated carbocycles. The Labute approximate surface area is 207 Å². The normalized spacial score (nSPS) is 30.0. The molecule has 1 saturated heterocycles. The van der Waals surface area contributed by atoms with Gasteiger partial charge in [-0.05, 0) is 59.9 Å². The predicted octanol–water partition coefficient (Wildman–Crippen LogP) is 2.97. The molecular weight excluding hydrogens is 463 g/mol. The quantitative estimate of drug-likeness (QED) is 0.368. The molecule has 8 heteroatoms. The third-order valence-corrected chi connectivity index (χ3v) is 8.03. The zero-order chi connectivity index (χ0) is 25.0. The van der Waals surface area contributed by atoms with Gasteiger partial charge in [-0.2, -0.15) is 0 Å². The van der Waals surface area contributed by atoms with Crippen LogP contribution >= 0.6 is 0 Å². The molecule has 2 aromatic carbocycles. The van der Waals surface area contributed by atoms with E-state index in [2.05, 4.69) is 17.5 Å². The first-order valence-electron chi connectivity index (χ1n) is 12.2. The molecule has 7 rings (SSSR count). The van der Waals surface area contributed by atoms with Gasteiger partial charge in [-0.15, -0.1) is 0 Å². The van der Waals surface area contributed by atoms with Gasteiger partial charge in [0.25, 0.3) is 5.91 Å². The molecule has 3 fully saturated rings. The van der Waals surface area contributed by atoms with E-state index in [1.165, 1.54) is 24.3 Å². The summed E-state index contributed by atoms with van der Waals surface area (Å²) in [4.78, 5) is 53.9. The molecule has 184 valence electrons. The maximum absolute atomic E-state index is 13.6. The molecule has 1 heterocycles. The van der Waals surface area contributed by atoms with E-state index in [9.17, 15) is 23.6 Å². The van der Waals surface area contributed by atoms with Crippen LogP contribution in [0.3, 0.4) is 0 Å². The van der Waals surface area contributed by atoms with E-state index >= 15 is 0 Å². The minimum Gasteiger partial charge on any atom is -0.454 e. The van der Waals surface area contributed by atoms with E-state index < -0.39 is 42.2 Å². The van der Waals surface area contributed by atoms with Gasteiger partial charge in [0.15, 0.2) is 6.61 Å². The summed E-state index contributed by atoms with van der Waals surface area (Å²) in [7, 11) is 0. The predicted molar refractivity (Wildman–Crippen MR) is 126 cm³/mol. The van der Waals surface area contributed by atoms with Crippen LogP contribution in [0.25, 0.3) is 0 Å². The summed E-state index contributed by atoms with van der Waals surface area (Å²) in [6.45, 7) is -0.596. The van der Waals surface area contributed by atoms with Gasteiger partial charge in [0.1, 0.15) is 11.9 Å². The molecule has 0 spiro atoms. The number of halogens is 1. The molecule has 0 radical (unpaired) electrons. The summed E-state index contributed by atoms with van der Waals surface area (Å²) in [6.07, 6.45) is 5.32. The number of hydrogen-bond acceptors (Lipinski definition) is 5. The lowest BCUT2D eigenvalue weighted by Gasteiger charge is -2.37. The van der Waals surface area contributed by atoms with Gasteiger partial charge in [0.2, 0.25) is 11.8 Å². The fourth-order valence-corrected chi connectivity index (χ4v) is 6.37. The number of anilines is 1. The van der Waals surface area contributed by atoms with E-state index in [0.29, 0.717) is 17.5 Å². The highest BCUT2D eigenvalue weighted by Crippen LogP contribution is 2.65. The molecule has 7 atom stereocenters. The lowest BCUT2D eigenvalue weighted by Crippen LogP contribution is -2.48. The Morgan fingerprint density at radius 3 is 2.17 bits per heavy atom. The summed E-state index contributed by atoms with van der Waals surface area (Å²) in [5.41, 5.74) is 1.13. The number of carbonyl (C=O) groups excluding carboxylic acids is 4. The number of benzene rings is 2. The maximum atomic E-state index is 13.6. The van der Waals surface area contributed by atoms with Crippen LogP contribution in [-0.2, 0) is 30.3 Å². The summed E-state index contributed by atoms with van der Waals surface area (Å²) in [6, 6.07) is 13.1. The largest absolute Gasteiger partial charge is 0.454 e. The number of esters is 1. The van der Waals surface area contributed by atoms with Crippen molar-refractivity contribution in [1.82, 2.24) is 4.90 Å². The lowest BCUT2D eigenvalue weighted by molar-refractivity contribution is -0.160. The first kappa shape index (κ1) is 22.6. The first-order valence-corrected chi connectivity index (χ1v) is 12.2. The van der Waals surface area contributed by atoms with E-state index in [1.807, 2.05) is 30.3 Å². The molecule has 7 nitrogen and oxygen atoms in total. The first-order chi connectivity index (χ1) is 17.4. The number of ether oxygens (including phenoxy) is 1. The molecule has 2 aromatic rings. The standard InChI is InChI=1S/C28H25FN2O5/c29-16-6-8-17(9-7-16)30-23(32)14-36-28(35)22(12-15-4-2-1-3-5-15)31-26(33)24-18-10-11-19(21-13-20(18)21)25(24)27(31)34/h1-11,18-22,24-25H,12-14H2,(H,30,32)/t18-,19-,20-,21+,22-,24-,25+/m0/s1. The van der Waals surface area contributed by atoms with Crippen molar-refractivity contribution < 1.29 is 28.3 Å². The zero-order valence-electron chi connectivity index (χ0n) is 19.4. The molecule has 5 aliphatic rings. The highest BCUT2D eigenvalue weighted by Gasteiger charge is 2.68. The van der Waals surface area contributed by atoms with Crippen molar-refractivity contribution in [2.24, 2.45) is 35.5 Å². The van der Waals surface area contributed by atoms with Gasteiger partial charge in [0, 0.05) is 12.1 Å². The molecular formula is C28H25FN2O5. The Morgan fingerprint density at radius 1 is 0.944 bits per heavy atom. The Balaban J connectivity index is 1.20. The highest BCUT2D eigenvalue weighted by atomic mass is 19.1. The Bertz CT molecular complexity index is 1220. The molecule has 1 N–H and O–H groups in total.